The number of H-pyrrole nitrogens is 1. The molecule has 156 valence electrons. The van der Waals surface area contributed by atoms with Crippen molar-refractivity contribution in [3.8, 4) is 22.6 Å². The Morgan fingerprint density at radius 2 is 1.31 bits per heavy atom. The van der Waals surface area contributed by atoms with Crippen molar-refractivity contribution in [1.82, 2.24) is 15.0 Å². The van der Waals surface area contributed by atoms with E-state index in [1.165, 1.54) is 0 Å². The number of aromatic nitrogens is 3. The average Bonchev–Trinajstić information content (AvgIpc) is 3.16. The first kappa shape index (κ1) is 20.9. The molecule has 0 fully saturated rings. The molecule has 0 aliphatic carbocycles. The minimum atomic E-state index is -1.55. The van der Waals surface area contributed by atoms with Gasteiger partial charge in [-0.15, -0.1) is 0 Å². The summed E-state index contributed by atoms with van der Waals surface area (Å²) in [5.74, 6) is 0.475. The standard InChI is InChI=1S/C22H16B2BrN3O4/c25-16-9-10-18-17(11-16)19-20(12-1-5-14(6-2-12)23(29)30)27-21(28-22(19)26-18)13-3-7-15(8-4-13)24(31)32/h1-11,29-32H,(H,26,27,28). The SMILES string of the molecule is OB(O)c1ccc(-c2nc(-c3ccc(B(O)O)cc3)c3c(n2)[nH]c2ccc(Br)cc23)cc1. The number of aromatic amines is 1. The molecule has 0 atom stereocenters. The number of fused-ring (bicyclic) bond motifs is 3. The summed E-state index contributed by atoms with van der Waals surface area (Å²) in [5, 5.41) is 39.4. The lowest BCUT2D eigenvalue weighted by Crippen LogP contribution is -2.29. The number of halogens is 1. The molecule has 0 saturated heterocycles. The van der Waals surface area contributed by atoms with Crippen molar-refractivity contribution in [2.24, 2.45) is 0 Å². The number of rotatable bonds is 4. The molecular formula is C22H16B2BrN3O4. The highest BCUT2D eigenvalue weighted by molar-refractivity contribution is 9.10. The average molecular weight is 488 g/mol. The molecule has 0 aliphatic heterocycles. The topological polar surface area (TPSA) is 122 Å². The summed E-state index contributed by atoms with van der Waals surface area (Å²) in [6, 6.07) is 19.5. The quantitative estimate of drug-likeness (QED) is 0.245. The Labute approximate surface area is 191 Å². The summed E-state index contributed by atoms with van der Waals surface area (Å²) in [5.41, 5.74) is 4.56. The van der Waals surface area contributed by atoms with Gasteiger partial charge in [-0.2, -0.15) is 0 Å². The molecule has 32 heavy (non-hydrogen) atoms. The number of hydrogen-bond acceptors (Lipinski definition) is 6. The van der Waals surface area contributed by atoms with Crippen molar-refractivity contribution < 1.29 is 20.1 Å². The lowest BCUT2D eigenvalue weighted by molar-refractivity contribution is 0.424. The molecule has 0 amide bonds. The van der Waals surface area contributed by atoms with Crippen LogP contribution in [-0.4, -0.2) is 49.3 Å². The fraction of sp³-hybridized carbons (Fsp3) is 0. The molecule has 0 bridgehead atoms. The lowest BCUT2D eigenvalue weighted by Gasteiger charge is -2.09. The molecular weight excluding hydrogens is 472 g/mol. The van der Waals surface area contributed by atoms with Gasteiger partial charge in [0.1, 0.15) is 5.65 Å². The lowest BCUT2D eigenvalue weighted by atomic mass is 9.80. The fourth-order valence-corrected chi connectivity index (χ4v) is 4.08. The summed E-state index contributed by atoms with van der Waals surface area (Å²) < 4.78 is 0.929. The zero-order chi connectivity index (χ0) is 22.4. The predicted molar refractivity (Wildman–Crippen MR) is 130 cm³/mol. The Morgan fingerprint density at radius 3 is 1.91 bits per heavy atom. The number of hydrogen-bond donors (Lipinski definition) is 5. The van der Waals surface area contributed by atoms with Gasteiger partial charge in [-0.25, -0.2) is 9.97 Å². The van der Waals surface area contributed by atoms with Gasteiger partial charge in [-0.1, -0.05) is 64.5 Å². The second kappa shape index (κ2) is 8.16. The van der Waals surface area contributed by atoms with Crippen LogP contribution in [0.2, 0.25) is 0 Å². The normalized spacial score (nSPS) is 11.3. The van der Waals surface area contributed by atoms with Crippen molar-refractivity contribution in [2.45, 2.75) is 0 Å². The minimum absolute atomic E-state index is 0.378. The zero-order valence-corrected chi connectivity index (χ0v) is 18.2. The predicted octanol–water partition coefficient (Wildman–Crippen LogP) is 1.57. The first-order valence-electron chi connectivity index (χ1n) is 9.82. The maximum absolute atomic E-state index is 9.43. The molecule has 0 aliphatic rings. The Bertz CT molecular complexity index is 1440. The fourth-order valence-electron chi connectivity index (χ4n) is 3.72. The number of nitrogens with one attached hydrogen (secondary N) is 1. The van der Waals surface area contributed by atoms with Crippen molar-refractivity contribution in [3.05, 3.63) is 71.2 Å². The summed E-state index contributed by atoms with van der Waals surface area (Å²) in [7, 11) is -3.09. The van der Waals surface area contributed by atoms with Crippen LogP contribution in [0.3, 0.4) is 0 Å². The molecule has 0 unspecified atom stereocenters. The van der Waals surface area contributed by atoms with Crippen LogP contribution >= 0.6 is 15.9 Å². The first-order chi connectivity index (χ1) is 15.4. The minimum Gasteiger partial charge on any atom is -0.423 e. The van der Waals surface area contributed by atoms with Crippen LogP contribution in [0.5, 0.6) is 0 Å². The summed E-state index contributed by atoms with van der Waals surface area (Å²) in [6.07, 6.45) is 0. The van der Waals surface area contributed by atoms with Gasteiger partial charge in [0, 0.05) is 26.5 Å². The Kier molecular flexibility index (Phi) is 5.32. The molecule has 7 nitrogen and oxygen atoms in total. The highest BCUT2D eigenvalue weighted by Gasteiger charge is 2.18. The van der Waals surface area contributed by atoms with Gasteiger partial charge in [0.15, 0.2) is 5.82 Å². The van der Waals surface area contributed by atoms with E-state index in [0.717, 1.165) is 31.9 Å². The molecule has 5 rings (SSSR count). The summed E-state index contributed by atoms with van der Waals surface area (Å²) in [4.78, 5) is 12.9. The van der Waals surface area contributed by atoms with E-state index in [4.69, 9.17) is 9.97 Å². The van der Waals surface area contributed by atoms with E-state index in [2.05, 4.69) is 20.9 Å². The monoisotopic (exact) mass is 487 g/mol. The van der Waals surface area contributed by atoms with Crippen LogP contribution in [0.15, 0.2) is 71.2 Å². The van der Waals surface area contributed by atoms with Crippen molar-refractivity contribution in [2.75, 3.05) is 0 Å². The molecule has 3 aromatic carbocycles. The summed E-state index contributed by atoms with van der Waals surface area (Å²) >= 11 is 3.53. The van der Waals surface area contributed by atoms with Gasteiger partial charge >= 0.3 is 14.2 Å². The van der Waals surface area contributed by atoms with E-state index >= 15 is 0 Å². The van der Waals surface area contributed by atoms with Crippen LogP contribution in [0, 0.1) is 0 Å². The largest absolute Gasteiger partial charge is 0.488 e. The molecule has 5 N–H and O–H groups in total. The van der Waals surface area contributed by atoms with E-state index in [1.54, 1.807) is 48.5 Å². The van der Waals surface area contributed by atoms with Crippen LogP contribution in [0.4, 0.5) is 0 Å². The van der Waals surface area contributed by atoms with Crippen molar-refractivity contribution in [3.63, 3.8) is 0 Å². The van der Waals surface area contributed by atoms with E-state index in [-0.39, 0.29) is 0 Å². The molecule has 0 radical (unpaired) electrons. The Hall–Kier alpha value is -3.01. The highest BCUT2D eigenvalue weighted by atomic mass is 79.9. The molecule has 2 aromatic heterocycles. The Morgan fingerprint density at radius 1 is 0.719 bits per heavy atom. The van der Waals surface area contributed by atoms with Crippen LogP contribution in [-0.2, 0) is 0 Å². The van der Waals surface area contributed by atoms with Gasteiger partial charge in [0.05, 0.1) is 11.1 Å². The maximum Gasteiger partial charge on any atom is 0.488 e. The van der Waals surface area contributed by atoms with Crippen LogP contribution in [0.25, 0.3) is 44.6 Å². The summed E-state index contributed by atoms with van der Waals surface area (Å²) in [6.45, 7) is 0. The van der Waals surface area contributed by atoms with Crippen LogP contribution < -0.4 is 10.9 Å². The van der Waals surface area contributed by atoms with Crippen molar-refractivity contribution >= 4 is 63.0 Å². The molecule has 5 aromatic rings. The van der Waals surface area contributed by atoms with E-state index in [0.29, 0.717) is 28.1 Å². The van der Waals surface area contributed by atoms with E-state index in [9.17, 15) is 20.1 Å². The first-order valence-corrected chi connectivity index (χ1v) is 10.6. The third-order valence-corrected chi connectivity index (χ3v) is 5.86. The highest BCUT2D eigenvalue weighted by Crippen LogP contribution is 2.35. The molecule has 2 heterocycles. The number of nitrogens with zero attached hydrogens (tertiary/aromatic N) is 2. The van der Waals surface area contributed by atoms with E-state index < -0.39 is 14.2 Å². The third kappa shape index (κ3) is 3.72. The van der Waals surface area contributed by atoms with Gasteiger partial charge in [0.2, 0.25) is 0 Å². The third-order valence-electron chi connectivity index (χ3n) is 5.36. The maximum atomic E-state index is 9.43. The molecule has 0 spiro atoms. The second-order valence-electron chi connectivity index (χ2n) is 7.43. The molecule has 0 saturated carbocycles. The second-order valence-corrected chi connectivity index (χ2v) is 8.34. The van der Waals surface area contributed by atoms with E-state index in [1.807, 2.05) is 18.2 Å². The van der Waals surface area contributed by atoms with Gasteiger partial charge in [-0.3, -0.25) is 0 Å². The zero-order valence-electron chi connectivity index (χ0n) is 16.6. The number of benzene rings is 3. The molecule has 10 heteroatoms. The van der Waals surface area contributed by atoms with Crippen molar-refractivity contribution in [1.29, 1.82) is 0 Å². The van der Waals surface area contributed by atoms with Crippen LogP contribution in [0.1, 0.15) is 0 Å². The van der Waals surface area contributed by atoms with Gasteiger partial charge in [0.25, 0.3) is 0 Å². The van der Waals surface area contributed by atoms with Gasteiger partial charge in [-0.05, 0) is 29.1 Å². The Balaban J connectivity index is 1.76. The smallest absolute Gasteiger partial charge is 0.423 e. The van der Waals surface area contributed by atoms with Gasteiger partial charge < -0.3 is 25.1 Å².